The van der Waals surface area contributed by atoms with Crippen LogP contribution < -0.4 is 0 Å². The van der Waals surface area contributed by atoms with Gasteiger partial charge in [-0.05, 0) is 37.7 Å². The maximum atomic E-state index is 13.3. The topological polar surface area (TPSA) is 96.5 Å². The number of hydrogen-bond donors (Lipinski definition) is 1. The van der Waals surface area contributed by atoms with Crippen molar-refractivity contribution in [1.82, 2.24) is 15.0 Å². The van der Waals surface area contributed by atoms with Crippen LogP contribution in [0.3, 0.4) is 0 Å². The first-order valence-electron chi connectivity index (χ1n) is 9.13. The molecule has 1 saturated carbocycles. The lowest BCUT2D eigenvalue weighted by molar-refractivity contribution is -0.149. The Balaban J connectivity index is 1.75. The lowest BCUT2D eigenvalue weighted by atomic mass is 9.81. The molecule has 7 heteroatoms. The number of carbonyl (C=O) groups is 2. The molecule has 1 amide bonds. The molecule has 0 radical (unpaired) electrons. The highest BCUT2D eigenvalue weighted by molar-refractivity contribution is 6.06. The van der Waals surface area contributed by atoms with Gasteiger partial charge in [0.05, 0.1) is 22.1 Å². The van der Waals surface area contributed by atoms with Crippen LogP contribution in [0.15, 0.2) is 10.6 Å². The highest BCUT2D eigenvalue weighted by Crippen LogP contribution is 2.49. The Hall–Kier alpha value is -2.44. The van der Waals surface area contributed by atoms with Gasteiger partial charge in [-0.15, -0.1) is 0 Å². The van der Waals surface area contributed by atoms with E-state index in [1.807, 2.05) is 13.8 Å². The van der Waals surface area contributed by atoms with Crippen LogP contribution in [0.2, 0.25) is 0 Å². The average molecular weight is 357 g/mol. The number of carboxylic acids is 1. The van der Waals surface area contributed by atoms with Crippen LogP contribution in [0.25, 0.3) is 11.1 Å². The van der Waals surface area contributed by atoms with Gasteiger partial charge in [0.1, 0.15) is 0 Å². The maximum Gasteiger partial charge on any atom is 0.311 e. The molecule has 1 aliphatic carbocycles. The lowest BCUT2D eigenvalue weighted by Crippen LogP contribution is -2.37. The van der Waals surface area contributed by atoms with E-state index in [0.717, 1.165) is 18.5 Å². The zero-order valence-corrected chi connectivity index (χ0v) is 15.3. The van der Waals surface area contributed by atoms with E-state index in [1.165, 1.54) is 0 Å². The van der Waals surface area contributed by atoms with Crippen molar-refractivity contribution in [3.05, 3.63) is 23.0 Å². The van der Waals surface area contributed by atoms with Crippen molar-refractivity contribution in [2.75, 3.05) is 13.1 Å². The van der Waals surface area contributed by atoms with Gasteiger partial charge in [-0.3, -0.25) is 9.59 Å². The van der Waals surface area contributed by atoms with Gasteiger partial charge in [0.15, 0.2) is 0 Å². The van der Waals surface area contributed by atoms with Crippen LogP contribution in [0, 0.1) is 18.3 Å². The van der Waals surface area contributed by atoms with E-state index >= 15 is 0 Å². The van der Waals surface area contributed by atoms with E-state index in [0.29, 0.717) is 35.3 Å². The number of aromatic nitrogens is 2. The summed E-state index contributed by atoms with van der Waals surface area (Å²) < 4.78 is 5.30. The Labute approximate surface area is 151 Å². The molecule has 2 atom stereocenters. The van der Waals surface area contributed by atoms with Crippen molar-refractivity contribution in [3.8, 4) is 0 Å². The number of nitrogens with zero attached hydrogens (tertiary/aromatic N) is 3. The van der Waals surface area contributed by atoms with Crippen molar-refractivity contribution in [2.24, 2.45) is 11.3 Å². The van der Waals surface area contributed by atoms with Crippen molar-refractivity contribution in [3.63, 3.8) is 0 Å². The predicted octanol–water partition coefficient (Wildman–Crippen LogP) is 2.98. The van der Waals surface area contributed by atoms with Gasteiger partial charge in [-0.1, -0.05) is 25.4 Å². The van der Waals surface area contributed by atoms with Crippen molar-refractivity contribution in [2.45, 2.75) is 46.0 Å². The SMILES string of the molecule is Cc1noc2nc(C(C)C)cc(C(=O)N3C[C@@H]4CCC[C@@]4(C(=O)O)C3)c12. The Morgan fingerprint density at radius 1 is 1.42 bits per heavy atom. The van der Waals surface area contributed by atoms with E-state index in [2.05, 4.69) is 10.1 Å². The third-order valence-electron chi connectivity index (χ3n) is 6.04. The summed E-state index contributed by atoms with van der Waals surface area (Å²) in [6.45, 7) is 6.57. The highest BCUT2D eigenvalue weighted by atomic mass is 16.5. The zero-order chi connectivity index (χ0) is 18.6. The molecule has 2 aromatic rings. The molecule has 2 aromatic heterocycles. The molecule has 7 nitrogen and oxygen atoms in total. The maximum absolute atomic E-state index is 13.3. The number of rotatable bonds is 3. The number of hydrogen-bond acceptors (Lipinski definition) is 5. The van der Waals surface area contributed by atoms with Gasteiger partial charge < -0.3 is 14.5 Å². The molecule has 4 rings (SSSR count). The number of pyridine rings is 1. The molecule has 26 heavy (non-hydrogen) atoms. The number of aliphatic carboxylic acids is 1. The van der Waals surface area contributed by atoms with Crippen LogP contribution in [-0.4, -0.2) is 45.1 Å². The van der Waals surface area contributed by atoms with Gasteiger partial charge in [0.25, 0.3) is 11.6 Å². The summed E-state index contributed by atoms with van der Waals surface area (Å²) in [4.78, 5) is 31.4. The van der Waals surface area contributed by atoms with E-state index in [9.17, 15) is 14.7 Å². The number of carbonyl (C=O) groups excluding carboxylic acids is 1. The second-order valence-corrected chi connectivity index (χ2v) is 7.93. The van der Waals surface area contributed by atoms with E-state index in [-0.39, 0.29) is 24.3 Å². The van der Waals surface area contributed by atoms with Crippen molar-refractivity contribution >= 4 is 23.0 Å². The molecule has 1 saturated heterocycles. The summed E-state index contributed by atoms with van der Waals surface area (Å²) >= 11 is 0. The highest BCUT2D eigenvalue weighted by Gasteiger charge is 2.56. The van der Waals surface area contributed by atoms with Crippen LogP contribution in [0.4, 0.5) is 0 Å². The summed E-state index contributed by atoms with van der Waals surface area (Å²) in [7, 11) is 0. The Kier molecular flexibility index (Phi) is 3.78. The quantitative estimate of drug-likeness (QED) is 0.907. The van der Waals surface area contributed by atoms with E-state index < -0.39 is 11.4 Å². The average Bonchev–Trinajstić information content (AvgIpc) is 3.26. The standard InChI is InChI=1S/C19H23N3O4/c1-10(2)14-7-13(15-11(3)21-26-16(15)20-14)17(23)22-8-12-5-4-6-19(12,9-22)18(24)25/h7,10,12H,4-6,8-9H2,1-3H3,(H,24,25)/t12-,19+/m0/s1. The first-order chi connectivity index (χ1) is 12.3. The fraction of sp³-hybridized carbons (Fsp3) is 0.579. The van der Waals surface area contributed by atoms with E-state index in [1.54, 1.807) is 17.9 Å². The van der Waals surface area contributed by atoms with Crippen molar-refractivity contribution < 1.29 is 19.2 Å². The molecule has 3 heterocycles. The first-order valence-corrected chi connectivity index (χ1v) is 9.13. The smallest absolute Gasteiger partial charge is 0.311 e. The summed E-state index contributed by atoms with van der Waals surface area (Å²) in [5.74, 6) is -0.756. The Morgan fingerprint density at radius 2 is 2.19 bits per heavy atom. The number of aryl methyl sites for hydroxylation is 1. The van der Waals surface area contributed by atoms with Crippen LogP contribution in [0.1, 0.15) is 60.8 Å². The van der Waals surface area contributed by atoms with Gasteiger partial charge in [-0.2, -0.15) is 0 Å². The third kappa shape index (κ3) is 2.33. The fourth-order valence-electron chi connectivity index (χ4n) is 4.54. The number of carboxylic acid groups (broad SMARTS) is 1. The number of amides is 1. The van der Waals surface area contributed by atoms with Gasteiger partial charge in [0.2, 0.25) is 0 Å². The summed E-state index contributed by atoms with van der Waals surface area (Å²) in [6, 6.07) is 1.81. The molecule has 0 unspecified atom stereocenters. The van der Waals surface area contributed by atoms with Crippen LogP contribution in [-0.2, 0) is 4.79 Å². The molecule has 2 fully saturated rings. The minimum Gasteiger partial charge on any atom is -0.481 e. The van der Waals surface area contributed by atoms with Gasteiger partial charge >= 0.3 is 5.97 Å². The molecule has 0 aromatic carbocycles. The zero-order valence-electron chi connectivity index (χ0n) is 15.3. The van der Waals surface area contributed by atoms with Crippen LogP contribution in [0.5, 0.6) is 0 Å². The molecule has 0 bridgehead atoms. The number of likely N-dealkylation sites (tertiary alicyclic amines) is 1. The van der Waals surface area contributed by atoms with E-state index in [4.69, 9.17) is 4.52 Å². The molecule has 1 aliphatic heterocycles. The number of fused-ring (bicyclic) bond motifs is 2. The molecule has 2 aliphatic rings. The molecule has 1 N–H and O–H groups in total. The monoisotopic (exact) mass is 357 g/mol. The third-order valence-corrected chi connectivity index (χ3v) is 6.04. The Bertz CT molecular complexity index is 904. The molecular weight excluding hydrogens is 334 g/mol. The normalized spacial score (nSPS) is 25.2. The van der Waals surface area contributed by atoms with Gasteiger partial charge in [-0.25, -0.2) is 4.98 Å². The minimum atomic E-state index is -0.785. The minimum absolute atomic E-state index is 0.0365. The van der Waals surface area contributed by atoms with Gasteiger partial charge in [0, 0.05) is 18.8 Å². The molecule has 0 spiro atoms. The largest absolute Gasteiger partial charge is 0.481 e. The molecule has 138 valence electrons. The molecular formula is C19H23N3O4. The summed E-state index contributed by atoms with van der Waals surface area (Å²) in [5, 5.41) is 14.4. The predicted molar refractivity (Wildman–Crippen MR) is 93.9 cm³/mol. The fourth-order valence-corrected chi connectivity index (χ4v) is 4.54. The lowest BCUT2D eigenvalue weighted by Gasteiger charge is -2.23. The Morgan fingerprint density at radius 3 is 2.85 bits per heavy atom. The summed E-state index contributed by atoms with van der Waals surface area (Å²) in [5.41, 5.74) is 1.48. The second kappa shape index (κ2) is 5.79. The second-order valence-electron chi connectivity index (χ2n) is 7.93. The first kappa shape index (κ1) is 17.0. The van der Waals surface area contributed by atoms with Crippen LogP contribution >= 0.6 is 0 Å². The summed E-state index contributed by atoms with van der Waals surface area (Å²) in [6.07, 6.45) is 2.43. The van der Waals surface area contributed by atoms with Crippen molar-refractivity contribution in [1.29, 1.82) is 0 Å².